The molecule has 4 heteroatoms. The number of ether oxygens (including phenoxy) is 1. The third kappa shape index (κ3) is 2.76. The van der Waals surface area contributed by atoms with Gasteiger partial charge in [-0.3, -0.25) is 10.4 Å². The fraction of sp³-hybridized carbons (Fsp3) is 0.455. The van der Waals surface area contributed by atoms with Crippen LogP contribution in [0, 0.1) is 5.41 Å². The Hall–Kier alpha value is -1.42. The molecule has 80 valence electrons. The van der Waals surface area contributed by atoms with E-state index in [1.54, 1.807) is 6.20 Å². The van der Waals surface area contributed by atoms with E-state index in [1.807, 2.05) is 18.2 Å². The van der Waals surface area contributed by atoms with Gasteiger partial charge in [-0.25, -0.2) is 0 Å². The molecule has 0 saturated carbocycles. The maximum atomic E-state index is 7.95. The summed E-state index contributed by atoms with van der Waals surface area (Å²) in [6.07, 6.45) is 2.38. The minimum atomic E-state index is 0.612. The van der Waals surface area contributed by atoms with Crippen LogP contribution in [0.2, 0.25) is 0 Å². The first-order valence-electron chi connectivity index (χ1n) is 5.16. The summed E-state index contributed by atoms with van der Waals surface area (Å²) in [5.74, 6) is 0.636. The molecule has 0 atom stereocenters. The maximum absolute atomic E-state index is 7.95. The third-order valence-electron chi connectivity index (χ3n) is 2.47. The lowest BCUT2D eigenvalue weighted by atomic mass is 10.2. The number of pyridine rings is 1. The fourth-order valence-electron chi connectivity index (χ4n) is 1.62. The summed E-state index contributed by atoms with van der Waals surface area (Å²) in [7, 11) is 0. The van der Waals surface area contributed by atoms with E-state index in [0.29, 0.717) is 12.3 Å². The second kappa shape index (κ2) is 4.89. The van der Waals surface area contributed by atoms with Crippen LogP contribution in [-0.2, 0) is 11.2 Å². The zero-order valence-electron chi connectivity index (χ0n) is 8.65. The van der Waals surface area contributed by atoms with Gasteiger partial charge < -0.3 is 9.64 Å². The van der Waals surface area contributed by atoms with Crippen LogP contribution in [0.3, 0.4) is 0 Å². The van der Waals surface area contributed by atoms with Crippen molar-refractivity contribution in [3.8, 4) is 0 Å². The van der Waals surface area contributed by atoms with Crippen LogP contribution in [0.5, 0.6) is 0 Å². The summed E-state index contributed by atoms with van der Waals surface area (Å²) >= 11 is 0. The second-order valence-corrected chi connectivity index (χ2v) is 3.54. The Labute approximate surface area is 89.4 Å². The molecule has 4 nitrogen and oxygen atoms in total. The van der Waals surface area contributed by atoms with Gasteiger partial charge in [-0.15, -0.1) is 0 Å². The van der Waals surface area contributed by atoms with Crippen molar-refractivity contribution in [1.29, 1.82) is 5.41 Å². The molecule has 0 unspecified atom stereocenters. The van der Waals surface area contributed by atoms with Crippen molar-refractivity contribution in [2.24, 2.45) is 0 Å². The molecular formula is C11H15N3O. The summed E-state index contributed by atoms with van der Waals surface area (Å²) in [5.41, 5.74) is 0.953. The lowest BCUT2D eigenvalue weighted by Crippen LogP contribution is -2.41. The van der Waals surface area contributed by atoms with E-state index in [9.17, 15) is 0 Å². The number of rotatable bonds is 2. The average molecular weight is 205 g/mol. The molecule has 0 spiro atoms. The zero-order valence-corrected chi connectivity index (χ0v) is 8.65. The summed E-state index contributed by atoms with van der Waals surface area (Å²) < 4.78 is 5.25. The molecule has 2 rings (SSSR count). The first-order chi connectivity index (χ1) is 7.36. The van der Waals surface area contributed by atoms with Crippen molar-refractivity contribution in [3.63, 3.8) is 0 Å². The van der Waals surface area contributed by atoms with Crippen molar-refractivity contribution in [3.05, 3.63) is 30.1 Å². The smallest absolute Gasteiger partial charge is 0.102 e. The van der Waals surface area contributed by atoms with Crippen LogP contribution in [0.15, 0.2) is 24.4 Å². The molecule has 1 N–H and O–H groups in total. The second-order valence-electron chi connectivity index (χ2n) is 3.54. The van der Waals surface area contributed by atoms with Gasteiger partial charge in [0.25, 0.3) is 0 Å². The average Bonchev–Trinajstić information content (AvgIpc) is 2.31. The number of hydrogen-bond donors (Lipinski definition) is 1. The van der Waals surface area contributed by atoms with Crippen molar-refractivity contribution in [2.75, 3.05) is 26.3 Å². The predicted octanol–water partition coefficient (Wildman–Crippen LogP) is 0.934. The highest BCUT2D eigenvalue weighted by Crippen LogP contribution is 2.02. The van der Waals surface area contributed by atoms with Crippen molar-refractivity contribution in [1.82, 2.24) is 9.88 Å². The monoisotopic (exact) mass is 205 g/mol. The van der Waals surface area contributed by atoms with Crippen LogP contribution in [0.25, 0.3) is 0 Å². The molecule has 0 amide bonds. The highest BCUT2D eigenvalue weighted by Gasteiger charge is 2.13. The summed E-state index contributed by atoms with van der Waals surface area (Å²) in [4.78, 5) is 6.27. The number of nitrogens with one attached hydrogen (secondary N) is 1. The van der Waals surface area contributed by atoms with E-state index in [4.69, 9.17) is 10.1 Å². The summed E-state index contributed by atoms with van der Waals surface area (Å²) in [6, 6.07) is 5.80. The fourth-order valence-corrected chi connectivity index (χ4v) is 1.62. The Morgan fingerprint density at radius 3 is 2.87 bits per heavy atom. The Kier molecular flexibility index (Phi) is 3.29. The van der Waals surface area contributed by atoms with Crippen LogP contribution in [0.4, 0.5) is 0 Å². The third-order valence-corrected chi connectivity index (χ3v) is 2.47. The molecule has 0 aromatic carbocycles. The Bertz CT molecular complexity index is 320. The van der Waals surface area contributed by atoms with Crippen LogP contribution < -0.4 is 0 Å². The highest BCUT2D eigenvalue weighted by atomic mass is 16.5. The molecule has 15 heavy (non-hydrogen) atoms. The van der Waals surface area contributed by atoms with Crippen molar-refractivity contribution < 1.29 is 4.74 Å². The molecule has 1 aliphatic heterocycles. The van der Waals surface area contributed by atoms with Crippen LogP contribution in [-0.4, -0.2) is 42.0 Å². The number of aromatic nitrogens is 1. The highest BCUT2D eigenvalue weighted by molar-refractivity contribution is 5.81. The van der Waals surface area contributed by atoms with Crippen LogP contribution in [0.1, 0.15) is 5.69 Å². The molecule has 1 aromatic heterocycles. The molecule has 1 aliphatic rings. The number of morpholine rings is 1. The SMILES string of the molecule is N=C(Cc1ccccn1)N1CCOCC1. The first-order valence-corrected chi connectivity index (χ1v) is 5.16. The Balaban J connectivity index is 1.91. The van der Waals surface area contributed by atoms with Gasteiger partial charge in [-0.1, -0.05) is 6.07 Å². The summed E-state index contributed by atoms with van der Waals surface area (Å²) in [6.45, 7) is 3.10. The van der Waals surface area contributed by atoms with Gasteiger partial charge in [0.1, 0.15) is 5.84 Å². The lowest BCUT2D eigenvalue weighted by Gasteiger charge is -2.28. The van der Waals surface area contributed by atoms with E-state index < -0.39 is 0 Å². The maximum Gasteiger partial charge on any atom is 0.102 e. The number of nitrogens with zero attached hydrogens (tertiary/aromatic N) is 2. The molecule has 0 aliphatic carbocycles. The Morgan fingerprint density at radius 2 is 2.20 bits per heavy atom. The minimum absolute atomic E-state index is 0.612. The predicted molar refractivity (Wildman–Crippen MR) is 58.1 cm³/mol. The van der Waals surface area contributed by atoms with Crippen LogP contribution >= 0.6 is 0 Å². The van der Waals surface area contributed by atoms with E-state index in [0.717, 1.165) is 32.0 Å². The zero-order chi connectivity index (χ0) is 10.5. The molecule has 1 aromatic rings. The normalized spacial score (nSPS) is 16.4. The standard InChI is InChI=1S/C11H15N3O/c12-11(14-5-7-15-8-6-14)9-10-3-1-2-4-13-10/h1-4,12H,5-9H2. The minimum Gasteiger partial charge on any atom is -0.378 e. The topological polar surface area (TPSA) is 49.2 Å². The number of amidine groups is 1. The molecule has 1 saturated heterocycles. The van der Waals surface area contributed by atoms with Gasteiger partial charge in [-0.05, 0) is 12.1 Å². The number of hydrogen-bond acceptors (Lipinski definition) is 3. The largest absolute Gasteiger partial charge is 0.378 e. The van der Waals surface area contributed by atoms with Crippen molar-refractivity contribution in [2.45, 2.75) is 6.42 Å². The van der Waals surface area contributed by atoms with Gasteiger partial charge in [0.05, 0.1) is 13.2 Å². The van der Waals surface area contributed by atoms with Crippen molar-refractivity contribution >= 4 is 5.84 Å². The van der Waals surface area contributed by atoms with Gasteiger partial charge >= 0.3 is 0 Å². The lowest BCUT2D eigenvalue weighted by molar-refractivity contribution is 0.0670. The van der Waals surface area contributed by atoms with E-state index in [1.165, 1.54) is 0 Å². The molecule has 2 heterocycles. The molecule has 1 fully saturated rings. The first kappa shape index (κ1) is 10.1. The molecule has 0 radical (unpaired) electrons. The molecule has 0 bridgehead atoms. The summed E-state index contributed by atoms with van der Waals surface area (Å²) in [5, 5.41) is 7.95. The molecular weight excluding hydrogens is 190 g/mol. The van der Waals surface area contributed by atoms with Gasteiger partial charge in [0, 0.05) is 31.4 Å². The van der Waals surface area contributed by atoms with E-state index in [-0.39, 0.29) is 0 Å². The quantitative estimate of drug-likeness (QED) is 0.577. The van der Waals surface area contributed by atoms with Gasteiger partial charge in [0.15, 0.2) is 0 Å². The van der Waals surface area contributed by atoms with Gasteiger partial charge in [-0.2, -0.15) is 0 Å². The van der Waals surface area contributed by atoms with Gasteiger partial charge in [0.2, 0.25) is 0 Å². The Morgan fingerprint density at radius 1 is 1.40 bits per heavy atom. The van der Waals surface area contributed by atoms with E-state index >= 15 is 0 Å². The van der Waals surface area contributed by atoms with E-state index in [2.05, 4.69) is 9.88 Å².